The van der Waals surface area contributed by atoms with Gasteiger partial charge in [0, 0.05) is 11.6 Å². The number of nitro groups is 2. The number of urea groups is 1. The highest BCUT2D eigenvalue weighted by Gasteiger charge is 2.37. The summed E-state index contributed by atoms with van der Waals surface area (Å²) in [7, 11) is 0. The lowest BCUT2D eigenvalue weighted by atomic mass is 10.1. The van der Waals surface area contributed by atoms with Crippen LogP contribution in [-0.4, -0.2) is 27.7 Å². The Kier molecular flexibility index (Phi) is 7.87. The summed E-state index contributed by atoms with van der Waals surface area (Å²) >= 11 is 0. The minimum Gasteiger partial charge on any atom is -0.489 e. The Morgan fingerprint density at radius 1 is 0.791 bits per heavy atom. The van der Waals surface area contributed by atoms with Gasteiger partial charge in [0.05, 0.1) is 21.6 Å². The maximum Gasteiger partial charge on any atom is 0.335 e. The maximum absolute atomic E-state index is 13.4. The van der Waals surface area contributed by atoms with Crippen molar-refractivity contribution < 1.29 is 33.7 Å². The molecule has 4 aromatic rings. The van der Waals surface area contributed by atoms with Gasteiger partial charge in [0.25, 0.3) is 17.5 Å². The highest BCUT2D eigenvalue weighted by Crippen LogP contribution is 2.36. The largest absolute Gasteiger partial charge is 0.489 e. The number of benzene rings is 4. The Labute approximate surface area is 242 Å². The lowest BCUT2D eigenvalue weighted by molar-refractivity contribution is -0.394. The topological polar surface area (TPSA) is 171 Å². The van der Waals surface area contributed by atoms with E-state index in [2.05, 4.69) is 5.32 Å². The summed E-state index contributed by atoms with van der Waals surface area (Å²) in [5.74, 6) is -1.66. The van der Waals surface area contributed by atoms with Crippen LogP contribution in [0.1, 0.15) is 11.1 Å². The van der Waals surface area contributed by atoms with Crippen molar-refractivity contribution >= 4 is 41.0 Å². The number of carbonyl (C=O) groups is 3. The summed E-state index contributed by atoms with van der Waals surface area (Å²) in [6, 6.07) is 23.6. The molecule has 1 saturated heterocycles. The first-order chi connectivity index (χ1) is 20.7. The minimum absolute atomic E-state index is 0.0101. The molecule has 1 fully saturated rings. The minimum atomic E-state index is -0.954. The second kappa shape index (κ2) is 12.0. The van der Waals surface area contributed by atoms with Crippen LogP contribution in [0.15, 0.2) is 103 Å². The molecule has 4 amide bonds. The quantitative estimate of drug-likeness (QED) is 0.115. The molecule has 1 heterocycles. The molecule has 0 bridgehead atoms. The lowest BCUT2D eigenvalue weighted by Crippen LogP contribution is -2.54. The molecule has 13 heteroatoms. The first kappa shape index (κ1) is 28.2. The number of rotatable bonds is 9. The van der Waals surface area contributed by atoms with Crippen LogP contribution >= 0.6 is 0 Å². The van der Waals surface area contributed by atoms with Crippen molar-refractivity contribution in [2.24, 2.45) is 0 Å². The third-order valence-corrected chi connectivity index (χ3v) is 6.23. The number of para-hydroxylation sites is 1. The molecule has 0 spiro atoms. The molecule has 1 N–H and O–H groups in total. The zero-order chi connectivity index (χ0) is 30.5. The van der Waals surface area contributed by atoms with E-state index in [0.29, 0.717) is 12.4 Å². The van der Waals surface area contributed by atoms with Crippen LogP contribution in [0.5, 0.6) is 17.2 Å². The number of nitro benzene ring substituents is 2. The van der Waals surface area contributed by atoms with Gasteiger partial charge in [-0.3, -0.25) is 35.1 Å². The number of imide groups is 2. The average molecular weight is 581 g/mol. The molecule has 43 heavy (non-hydrogen) atoms. The Balaban J connectivity index is 1.40. The van der Waals surface area contributed by atoms with E-state index in [-0.39, 0.29) is 22.7 Å². The second-order valence-corrected chi connectivity index (χ2v) is 9.03. The fourth-order valence-electron chi connectivity index (χ4n) is 4.14. The van der Waals surface area contributed by atoms with Crippen molar-refractivity contribution in [1.29, 1.82) is 0 Å². The molecule has 0 atom stereocenters. The molecule has 5 rings (SSSR count). The molecule has 0 saturated carbocycles. The molecule has 0 unspecified atom stereocenters. The van der Waals surface area contributed by atoms with Crippen LogP contribution in [-0.2, 0) is 16.2 Å². The van der Waals surface area contributed by atoms with Gasteiger partial charge in [-0.1, -0.05) is 48.5 Å². The van der Waals surface area contributed by atoms with Gasteiger partial charge < -0.3 is 9.47 Å². The Morgan fingerprint density at radius 3 is 2.19 bits per heavy atom. The maximum atomic E-state index is 13.4. The average Bonchev–Trinajstić information content (AvgIpc) is 3.00. The molecule has 0 aliphatic carbocycles. The van der Waals surface area contributed by atoms with E-state index in [1.807, 2.05) is 30.3 Å². The number of non-ortho nitro benzene ring substituents is 1. The van der Waals surface area contributed by atoms with Gasteiger partial charge in [-0.15, -0.1) is 0 Å². The lowest BCUT2D eigenvalue weighted by Gasteiger charge is -2.26. The summed E-state index contributed by atoms with van der Waals surface area (Å²) < 4.78 is 11.5. The smallest absolute Gasteiger partial charge is 0.335 e. The SMILES string of the molecule is O=C1NC(=O)N(c2ccc(OCc3ccccc3)cc2)C(=O)/C1=C/c1ccccc1Oc1ccc([N+](=O)[O-])cc1[N+](=O)[O-]. The Bertz CT molecular complexity index is 1790. The number of ether oxygens (including phenoxy) is 2. The monoisotopic (exact) mass is 580 g/mol. The zero-order valence-corrected chi connectivity index (χ0v) is 22.0. The van der Waals surface area contributed by atoms with E-state index in [1.165, 1.54) is 30.3 Å². The van der Waals surface area contributed by atoms with E-state index in [1.54, 1.807) is 24.3 Å². The van der Waals surface area contributed by atoms with E-state index < -0.39 is 44.6 Å². The molecular weight excluding hydrogens is 560 g/mol. The van der Waals surface area contributed by atoms with Crippen LogP contribution < -0.4 is 19.7 Å². The van der Waals surface area contributed by atoms with Crippen LogP contribution in [0.2, 0.25) is 0 Å². The second-order valence-electron chi connectivity index (χ2n) is 9.03. The highest BCUT2D eigenvalue weighted by atomic mass is 16.6. The number of anilines is 1. The zero-order valence-electron chi connectivity index (χ0n) is 22.0. The van der Waals surface area contributed by atoms with Crippen molar-refractivity contribution in [2.75, 3.05) is 4.90 Å². The van der Waals surface area contributed by atoms with Crippen LogP contribution in [0, 0.1) is 20.2 Å². The summed E-state index contributed by atoms with van der Waals surface area (Å²) in [5.41, 5.74) is -0.252. The van der Waals surface area contributed by atoms with Crippen molar-refractivity contribution in [3.05, 3.63) is 134 Å². The molecule has 0 radical (unpaired) electrons. The summed E-state index contributed by atoms with van der Waals surface area (Å²) in [6.07, 6.45) is 1.18. The first-order valence-corrected chi connectivity index (χ1v) is 12.6. The highest BCUT2D eigenvalue weighted by molar-refractivity contribution is 6.39. The number of barbiturate groups is 1. The van der Waals surface area contributed by atoms with E-state index in [0.717, 1.165) is 28.7 Å². The van der Waals surface area contributed by atoms with E-state index in [4.69, 9.17) is 9.47 Å². The van der Waals surface area contributed by atoms with Gasteiger partial charge >= 0.3 is 11.7 Å². The predicted octanol–water partition coefficient (Wildman–Crippen LogP) is 5.54. The molecule has 4 aromatic carbocycles. The van der Waals surface area contributed by atoms with Gasteiger partial charge in [-0.25, -0.2) is 9.69 Å². The Hall–Kier alpha value is -6.37. The third-order valence-electron chi connectivity index (χ3n) is 6.23. The van der Waals surface area contributed by atoms with Gasteiger partial charge in [0.2, 0.25) is 5.75 Å². The van der Waals surface area contributed by atoms with Gasteiger partial charge in [-0.2, -0.15) is 0 Å². The standard InChI is InChI=1S/C30H20N4O9/c35-28-24(16-20-8-4-5-9-26(20)43-27-15-12-22(33(38)39)17-25(27)34(40)41)29(36)32(30(37)31-28)21-10-13-23(14-11-21)42-18-19-6-2-1-3-7-19/h1-17H,18H2,(H,31,35,37)/b24-16+. The molecule has 214 valence electrons. The van der Waals surface area contributed by atoms with Gasteiger partial charge in [0.1, 0.15) is 23.7 Å². The molecular formula is C30H20N4O9. The number of nitrogens with one attached hydrogen (secondary N) is 1. The van der Waals surface area contributed by atoms with Gasteiger partial charge in [-0.05, 0) is 48.0 Å². The molecule has 1 aliphatic rings. The van der Waals surface area contributed by atoms with E-state index >= 15 is 0 Å². The van der Waals surface area contributed by atoms with E-state index in [9.17, 15) is 34.6 Å². The first-order valence-electron chi connectivity index (χ1n) is 12.6. The third kappa shape index (κ3) is 6.20. The molecule has 0 aromatic heterocycles. The fourth-order valence-corrected chi connectivity index (χ4v) is 4.14. The molecule has 13 nitrogen and oxygen atoms in total. The van der Waals surface area contributed by atoms with Crippen molar-refractivity contribution in [1.82, 2.24) is 5.32 Å². The number of nitrogens with zero attached hydrogens (tertiary/aromatic N) is 3. The summed E-state index contributed by atoms with van der Waals surface area (Å²) in [6.45, 7) is 0.315. The number of amides is 4. The van der Waals surface area contributed by atoms with Crippen molar-refractivity contribution in [3.63, 3.8) is 0 Å². The number of hydrogen-bond donors (Lipinski definition) is 1. The normalized spacial score (nSPS) is 13.9. The van der Waals surface area contributed by atoms with Crippen molar-refractivity contribution in [2.45, 2.75) is 6.61 Å². The van der Waals surface area contributed by atoms with Crippen LogP contribution in [0.25, 0.3) is 6.08 Å². The summed E-state index contributed by atoms with van der Waals surface area (Å²) in [4.78, 5) is 60.6. The number of hydrogen-bond acceptors (Lipinski definition) is 9. The van der Waals surface area contributed by atoms with Gasteiger partial charge in [0.15, 0.2) is 0 Å². The van der Waals surface area contributed by atoms with Crippen molar-refractivity contribution in [3.8, 4) is 17.2 Å². The van der Waals surface area contributed by atoms with Crippen LogP contribution in [0.4, 0.5) is 21.9 Å². The fraction of sp³-hybridized carbons (Fsp3) is 0.0333. The summed E-state index contributed by atoms with van der Waals surface area (Å²) in [5, 5.41) is 24.7. The van der Waals surface area contributed by atoms with Crippen LogP contribution in [0.3, 0.4) is 0 Å². The predicted molar refractivity (Wildman–Crippen MR) is 152 cm³/mol. The number of carbonyl (C=O) groups excluding carboxylic acids is 3. The molecule has 1 aliphatic heterocycles. The Morgan fingerprint density at radius 2 is 1.49 bits per heavy atom.